The predicted octanol–water partition coefficient (Wildman–Crippen LogP) is 5.77. The number of pyridine rings is 1. The summed E-state index contributed by atoms with van der Waals surface area (Å²) in [6.45, 7) is 6.58. The first-order chi connectivity index (χ1) is 18.2. The summed E-state index contributed by atoms with van der Waals surface area (Å²) < 4.78 is 1.78. The lowest BCUT2D eigenvalue weighted by atomic mass is 9.87. The molecular weight excluding hydrogens is 538 g/mol. The fraction of sp³-hybridized carbons (Fsp3) is 0.286. The number of nitrogens with zero attached hydrogens (tertiary/aromatic N) is 4. The van der Waals surface area contributed by atoms with Crippen LogP contribution in [0.1, 0.15) is 48.4 Å². The molecule has 10 heteroatoms. The van der Waals surface area contributed by atoms with Crippen molar-refractivity contribution in [2.75, 3.05) is 17.2 Å². The maximum Gasteiger partial charge on any atom is 0.240 e. The zero-order valence-corrected chi connectivity index (χ0v) is 23.7. The van der Waals surface area contributed by atoms with Gasteiger partial charge < -0.3 is 5.32 Å². The Labute approximate surface area is 235 Å². The first-order valence-electron chi connectivity index (χ1n) is 12.2. The molecule has 4 heterocycles. The Morgan fingerprint density at radius 2 is 1.97 bits per heavy atom. The topological polar surface area (TPSA) is 80.1 Å². The van der Waals surface area contributed by atoms with E-state index in [2.05, 4.69) is 42.5 Å². The summed E-state index contributed by atoms with van der Waals surface area (Å²) in [5.74, 6) is 0.460. The number of anilines is 1. The highest BCUT2D eigenvalue weighted by atomic mass is 35.5. The summed E-state index contributed by atoms with van der Waals surface area (Å²) in [4.78, 5) is 32.5. The van der Waals surface area contributed by atoms with Crippen LogP contribution in [0.25, 0.3) is 5.69 Å². The van der Waals surface area contributed by atoms with Gasteiger partial charge in [-0.1, -0.05) is 38.4 Å². The van der Waals surface area contributed by atoms with Crippen molar-refractivity contribution >= 4 is 52.3 Å². The van der Waals surface area contributed by atoms with Gasteiger partial charge in [-0.25, -0.2) is 4.68 Å². The van der Waals surface area contributed by atoms with Crippen molar-refractivity contribution in [1.29, 1.82) is 0 Å². The number of amides is 2. The van der Waals surface area contributed by atoms with Gasteiger partial charge in [-0.2, -0.15) is 16.4 Å². The number of nitrogens with one attached hydrogen (secondary N) is 1. The number of thioether (sulfide) groups is 1. The molecule has 1 aliphatic rings. The van der Waals surface area contributed by atoms with Gasteiger partial charge in [-0.3, -0.25) is 19.5 Å². The molecule has 7 nitrogen and oxygen atoms in total. The van der Waals surface area contributed by atoms with Gasteiger partial charge in [0.25, 0.3) is 0 Å². The van der Waals surface area contributed by atoms with Crippen molar-refractivity contribution in [3.05, 3.63) is 93.0 Å². The fourth-order valence-corrected chi connectivity index (χ4v) is 6.59. The van der Waals surface area contributed by atoms with Crippen LogP contribution >= 0.6 is 34.7 Å². The molecule has 196 valence electrons. The molecule has 1 aromatic carbocycles. The van der Waals surface area contributed by atoms with Crippen LogP contribution in [-0.4, -0.2) is 38.9 Å². The quantitative estimate of drug-likeness (QED) is 0.321. The molecule has 0 saturated carbocycles. The predicted molar refractivity (Wildman–Crippen MR) is 154 cm³/mol. The second kappa shape index (κ2) is 10.9. The van der Waals surface area contributed by atoms with E-state index in [1.807, 2.05) is 35.7 Å². The van der Waals surface area contributed by atoms with Crippen molar-refractivity contribution in [1.82, 2.24) is 20.1 Å². The highest BCUT2D eigenvalue weighted by Crippen LogP contribution is 2.48. The molecule has 2 amide bonds. The molecule has 0 aliphatic carbocycles. The molecule has 0 fully saturated rings. The fourth-order valence-electron chi connectivity index (χ4n) is 4.45. The Bertz CT molecular complexity index is 1450. The highest BCUT2D eigenvalue weighted by molar-refractivity contribution is 8.00. The third-order valence-electron chi connectivity index (χ3n) is 6.24. The Morgan fingerprint density at radius 3 is 2.66 bits per heavy atom. The van der Waals surface area contributed by atoms with E-state index in [9.17, 15) is 9.59 Å². The van der Waals surface area contributed by atoms with Gasteiger partial charge >= 0.3 is 0 Å². The summed E-state index contributed by atoms with van der Waals surface area (Å²) in [5, 5.41) is 12.6. The smallest absolute Gasteiger partial charge is 0.240 e. The monoisotopic (exact) mass is 565 g/mol. The first-order valence-corrected chi connectivity index (χ1v) is 14.6. The number of carbonyl (C=O) groups is 2. The van der Waals surface area contributed by atoms with Crippen LogP contribution in [0.15, 0.2) is 65.6 Å². The van der Waals surface area contributed by atoms with Crippen molar-refractivity contribution in [2.24, 2.45) is 0 Å². The van der Waals surface area contributed by atoms with Crippen molar-refractivity contribution in [3.63, 3.8) is 0 Å². The molecule has 1 atom stereocenters. The summed E-state index contributed by atoms with van der Waals surface area (Å²) in [7, 11) is 0. The number of aromatic nitrogens is 3. The Morgan fingerprint density at radius 1 is 1.18 bits per heavy atom. The number of fused-ring (bicyclic) bond motifs is 1. The lowest BCUT2D eigenvalue weighted by molar-refractivity contribution is -0.123. The van der Waals surface area contributed by atoms with Crippen molar-refractivity contribution < 1.29 is 9.59 Å². The van der Waals surface area contributed by atoms with E-state index in [-0.39, 0.29) is 34.8 Å². The van der Waals surface area contributed by atoms with Crippen LogP contribution in [0.3, 0.4) is 0 Å². The van der Waals surface area contributed by atoms with Crippen LogP contribution in [0.2, 0.25) is 5.02 Å². The van der Waals surface area contributed by atoms with Gasteiger partial charge in [-0.05, 0) is 58.3 Å². The van der Waals surface area contributed by atoms with Gasteiger partial charge in [0.1, 0.15) is 12.4 Å². The average molecular weight is 566 g/mol. The van der Waals surface area contributed by atoms with Gasteiger partial charge in [0, 0.05) is 34.9 Å². The van der Waals surface area contributed by atoms with E-state index in [4.69, 9.17) is 16.7 Å². The molecule has 0 saturated heterocycles. The molecule has 5 rings (SSSR count). The lowest BCUT2D eigenvalue weighted by Crippen LogP contribution is -2.42. The number of hydrogen-bond acceptors (Lipinski definition) is 6. The number of hydrogen-bond donors (Lipinski definition) is 1. The van der Waals surface area contributed by atoms with Crippen LogP contribution < -0.4 is 10.2 Å². The molecule has 0 spiro atoms. The molecule has 4 aromatic rings. The molecule has 38 heavy (non-hydrogen) atoms. The second-order valence-corrected chi connectivity index (χ2v) is 12.4. The molecular formula is C28H28ClN5O2S2. The minimum atomic E-state index is -0.314. The number of benzene rings is 1. The SMILES string of the molecule is CC(C)(C)c1nn(-c2cccc(Cl)c2)c2c1[C@H](c1ccsc1)SCC(=O)N2CC(=O)NCc1ccncc1. The Hall–Kier alpha value is -3.14. The molecule has 3 aromatic heterocycles. The molecule has 0 radical (unpaired) electrons. The number of carbonyl (C=O) groups excluding carboxylic acids is 2. The van der Waals surface area contributed by atoms with Gasteiger partial charge in [0.2, 0.25) is 11.8 Å². The van der Waals surface area contributed by atoms with E-state index in [1.54, 1.807) is 51.1 Å². The zero-order chi connectivity index (χ0) is 26.9. The van der Waals surface area contributed by atoms with Crippen LogP contribution in [0, 0.1) is 0 Å². The number of halogens is 1. The molecule has 0 bridgehead atoms. The minimum absolute atomic E-state index is 0.104. The third kappa shape index (κ3) is 5.50. The third-order valence-corrected chi connectivity index (χ3v) is 8.43. The van der Waals surface area contributed by atoms with Crippen LogP contribution in [0.4, 0.5) is 5.82 Å². The van der Waals surface area contributed by atoms with Gasteiger partial charge in [-0.15, -0.1) is 11.8 Å². The minimum Gasteiger partial charge on any atom is -0.350 e. The van der Waals surface area contributed by atoms with E-state index >= 15 is 0 Å². The summed E-state index contributed by atoms with van der Waals surface area (Å²) in [6, 6.07) is 13.2. The summed E-state index contributed by atoms with van der Waals surface area (Å²) in [6.07, 6.45) is 3.37. The standard InChI is InChI=1S/C28H28ClN5O2S2/c1-28(2,3)26-24-25(19-9-12-37-16-19)38-17-23(36)33(15-22(35)31-14-18-7-10-30-11-8-18)27(24)34(32-26)21-6-4-5-20(29)13-21/h4-13,16,25H,14-15,17H2,1-3H3,(H,31,35)/t25-/m0/s1. The Kier molecular flexibility index (Phi) is 7.61. The zero-order valence-electron chi connectivity index (χ0n) is 21.3. The normalized spacial score (nSPS) is 15.7. The highest BCUT2D eigenvalue weighted by Gasteiger charge is 2.40. The summed E-state index contributed by atoms with van der Waals surface area (Å²) >= 11 is 9.57. The maximum absolute atomic E-state index is 13.7. The van der Waals surface area contributed by atoms with Crippen LogP contribution in [0.5, 0.6) is 0 Å². The number of rotatable bonds is 6. The largest absolute Gasteiger partial charge is 0.350 e. The first kappa shape index (κ1) is 26.5. The van der Waals surface area contributed by atoms with E-state index in [0.717, 1.165) is 28.1 Å². The second-order valence-electron chi connectivity index (χ2n) is 10.1. The number of thiophene rings is 1. The van der Waals surface area contributed by atoms with Crippen molar-refractivity contribution in [2.45, 2.75) is 38.0 Å². The molecule has 1 aliphatic heterocycles. The molecule has 0 unspecified atom stereocenters. The Balaban J connectivity index is 1.63. The lowest BCUT2D eigenvalue weighted by Gasteiger charge is -2.24. The van der Waals surface area contributed by atoms with Crippen LogP contribution in [-0.2, 0) is 21.5 Å². The van der Waals surface area contributed by atoms with E-state index in [1.165, 1.54) is 0 Å². The van der Waals surface area contributed by atoms with E-state index < -0.39 is 0 Å². The van der Waals surface area contributed by atoms with Gasteiger partial charge in [0.15, 0.2) is 0 Å². The maximum atomic E-state index is 13.7. The van der Waals surface area contributed by atoms with E-state index in [0.29, 0.717) is 17.4 Å². The average Bonchev–Trinajstić information content (AvgIpc) is 3.53. The summed E-state index contributed by atoms with van der Waals surface area (Å²) in [5.41, 5.74) is 4.31. The van der Waals surface area contributed by atoms with Gasteiger partial charge in [0.05, 0.1) is 22.4 Å². The van der Waals surface area contributed by atoms with Crippen molar-refractivity contribution in [3.8, 4) is 5.69 Å². The molecule has 1 N–H and O–H groups in total.